The first-order valence-corrected chi connectivity index (χ1v) is 13.1. The fourth-order valence-corrected chi connectivity index (χ4v) is 4.13. The summed E-state index contributed by atoms with van der Waals surface area (Å²) in [5, 5.41) is 13.6. The lowest BCUT2D eigenvalue weighted by atomic mass is 10.1. The molecule has 6 heteroatoms. The molecule has 1 N–H and O–H groups in total. The zero-order valence-corrected chi connectivity index (χ0v) is 23.2. The van der Waals surface area contributed by atoms with Crippen LogP contribution in [-0.4, -0.2) is 24.8 Å². The Morgan fingerprint density at radius 3 is 1.83 bits per heavy atom. The van der Waals surface area contributed by atoms with Crippen molar-refractivity contribution in [1.29, 1.82) is 0 Å². The first kappa shape index (κ1) is 29.5. The first-order chi connectivity index (χ1) is 20.4. The van der Waals surface area contributed by atoms with Gasteiger partial charge in [0.05, 0.1) is 18.2 Å². The van der Waals surface area contributed by atoms with Gasteiger partial charge in [0, 0.05) is 0 Å². The van der Waals surface area contributed by atoms with Crippen LogP contribution >= 0.6 is 0 Å². The van der Waals surface area contributed by atoms with Gasteiger partial charge in [-0.05, 0) is 83.1 Å². The number of carbonyl (C=O) groups excluding carboxylic acids is 2. The molecule has 0 radical (unpaired) electrons. The normalized spacial score (nSPS) is 10.1. The maximum atomic E-state index is 12.5. The van der Waals surface area contributed by atoms with Crippen molar-refractivity contribution in [2.24, 2.45) is 0 Å². The third-order valence-corrected chi connectivity index (χ3v) is 6.30. The number of aldehydes is 2. The van der Waals surface area contributed by atoms with E-state index >= 15 is 0 Å². The van der Waals surface area contributed by atoms with Gasteiger partial charge in [-0.3, -0.25) is 9.59 Å². The first-order valence-electron chi connectivity index (χ1n) is 13.1. The average molecular weight is 561 g/mol. The summed E-state index contributed by atoms with van der Waals surface area (Å²) in [4.78, 5) is 21.3. The van der Waals surface area contributed by atoms with Crippen molar-refractivity contribution in [2.75, 3.05) is 7.11 Å². The molecule has 0 saturated carbocycles. The fourth-order valence-electron chi connectivity index (χ4n) is 4.13. The summed E-state index contributed by atoms with van der Waals surface area (Å²) in [6, 6.07) is 36.8. The van der Waals surface area contributed by atoms with E-state index in [1.165, 1.54) is 12.1 Å². The number of methoxy groups -OCH3 is 1. The molecule has 6 rings (SSSR count). The molecule has 6 aromatic rings. The number of aromatic hydroxyl groups is 1. The third-order valence-electron chi connectivity index (χ3n) is 6.30. The molecule has 0 aliphatic carbocycles. The zero-order valence-electron chi connectivity index (χ0n) is 23.2. The number of rotatable bonds is 5. The molecule has 42 heavy (non-hydrogen) atoms. The summed E-state index contributed by atoms with van der Waals surface area (Å²) in [5.74, 6) is 1.70. The fraction of sp³-hybridized carbons (Fsp3) is 0.0556. The molecule has 210 valence electrons. The largest absolute Gasteiger partial charge is 0.508 e. The van der Waals surface area contributed by atoms with Crippen LogP contribution in [-0.2, 0) is 0 Å². The number of hydrogen-bond donors (Lipinski definition) is 1. The number of aryl methyl sites for hydroxylation is 1. The van der Waals surface area contributed by atoms with Crippen molar-refractivity contribution in [2.45, 2.75) is 6.92 Å². The molecule has 0 spiro atoms. The minimum absolute atomic E-state index is 0.125. The van der Waals surface area contributed by atoms with E-state index in [2.05, 4.69) is 0 Å². The second-order valence-electron chi connectivity index (χ2n) is 9.31. The minimum Gasteiger partial charge on any atom is -0.508 e. The van der Waals surface area contributed by atoms with Crippen LogP contribution in [0.15, 0.2) is 121 Å². The number of benzene rings is 6. The number of phenolic OH excluding ortho intramolecular Hbond substituents is 1. The molecule has 0 unspecified atom stereocenters. The third kappa shape index (κ3) is 7.79. The van der Waals surface area contributed by atoms with E-state index in [-0.39, 0.29) is 5.56 Å². The second-order valence-corrected chi connectivity index (χ2v) is 9.31. The van der Waals surface area contributed by atoms with E-state index < -0.39 is 5.82 Å². The Bertz CT molecular complexity index is 1830. The molecule has 0 atom stereocenters. The Morgan fingerprint density at radius 2 is 1.21 bits per heavy atom. The smallest absolute Gasteiger partial charge is 0.153 e. The summed E-state index contributed by atoms with van der Waals surface area (Å²) >= 11 is 0. The van der Waals surface area contributed by atoms with Crippen LogP contribution in [0.3, 0.4) is 0 Å². The Morgan fingerprint density at radius 1 is 0.619 bits per heavy atom. The Labute approximate surface area is 243 Å². The van der Waals surface area contributed by atoms with Crippen molar-refractivity contribution in [3.63, 3.8) is 0 Å². The van der Waals surface area contributed by atoms with Gasteiger partial charge in [0.1, 0.15) is 28.8 Å². The van der Waals surface area contributed by atoms with Crippen LogP contribution in [0.5, 0.6) is 23.0 Å². The molecule has 0 bridgehead atoms. The van der Waals surface area contributed by atoms with Crippen LogP contribution in [0.25, 0.3) is 21.5 Å². The van der Waals surface area contributed by atoms with Crippen LogP contribution in [0.2, 0.25) is 0 Å². The highest BCUT2D eigenvalue weighted by atomic mass is 19.1. The summed E-state index contributed by atoms with van der Waals surface area (Å²) < 4.78 is 23.5. The highest BCUT2D eigenvalue weighted by molar-refractivity contribution is 5.85. The highest BCUT2D eigenvalue weighted by Crippen LogP contribution is 2.29. The predicted molar refractivity (Wildman–Crippen MR) is 165 cm³/mol. The summed E-state index contributed by atoms with van der Waals surface area (Å²) in [5.41, 5.74) is 1.48. The monoisotopic (exact) mass is 560 g/mol. The topological polar surface area (TPSA) is 72.8 Å². The maximum Gasteiger partial charge on any atom is 0.153 e. The van der Waals surface area contributed by atoms with Gasteiger partial charge in [-0.15, -0.1) is 0 Å². The number of phenols is 1. The number of ether oxygens (including phenoxy) is 2. The van der Waals surface area contributed by atoms with Gasteiger partial charge in [0.15, 0.2) is 12.6 Å². The van der Waals surface area contributed by atoms with Gasteiger partial charge in [0.25, 0.3) is 0 Å². The Hall–Kier alpha value is -5.49. The van der Waals surface area contributed by atoms with Crippen molar-refractivity contribution in [3.05, 3.63) is 144 Å². The van der Waals surface area contributed by atoms with Crippen LogP contribution in [0.1, 0.15) is 26.3 Å². The van der Waals surface area contributed by atoms with Crippen molar-refractivity contribution in [3.8, 4) is 23.0 Å². The summed E-state index contributed by atoms with van der Waals surface area (Å²) in [6.07, 6.45) is 1.28. The van der Waals surface area contributed by atoms with Crippen LogP contribution < -0.4 is 9.47 Å². The number of halogens is 1. The average Bonchev–Trinajstić information content (AvgIpc) is 3.03. The van der Waals surface area contributed by atoms with E-state index in [0.717, 1.165) is 33.4 Å². The molecule has 6 aromatic carbocycles. The zero-order chi connectivity index (χ0) is 29.9. The van der Waals surface area contributed by atoms with Gasteiger partial charge in [0.2, 0.25) is 0 Å². The lowest BCUT2D eigenvalue weighted by Gasteiger charge is -2.10. The number of carbonyl (C=O) groups is 2. The minimum atomic E-state index is -0.458. The van der Waals surface area contributed by atoms with Crippen molar-refractivity contribution < 1.29 is 28.6 Å². The van der Waals surface area contributed by atoms with Gasteiger partial charge in [-0.25, -0.2) is 4.39 Å². The van der Waals surface area contributed by atoms with E-state index in [9.17, 15) is 14.0 Å². The van der Waals surface area contributed by atoms with E-state index in [1.54, 1.807) is 43.5 Å². The Balaban J connectivity index is 0.000000162. The maximum absolute atomic E-state index is 12.5. The highest BCUT2D eigenvalue weighted by Gasteiger charge is 2.07. The molecule has 0 heterocycles. The van der Waals surface area contributed by atoms with Gasteiger partial charge < -0.3 is 14.6 Å². The molecule has 5 nitrogen and oxygen atoms in total. The summed E-state index contributed by atoms with van der Waals surface area (Å²) in [7, 11) is 1.56. The van der Waals surface area contributed by atoms with E-state index in [4.69, 9.17) is 14.6 Å². The molecule has 0 fully saturated rings. The molecule has 0 aromatic heterocycles. The molecule has 0 aliphatic heterocycles. The van der Waals surface area contributed by atoms with E-state index in [1.807, 2.05) is 79.7 Å². The lowest BCUT2D eigenvalue weighted by Crippen LogP contribution is -1.92. The molecular weight excluding hydrogens is 531 g/mol. The van der Waals surface area contributed by atoms with Gasteiger partial charge in [-0.1, -0.05) is 72.3 Å². The quantitative estimate of drug-likeness (QED) is 0.213. The van der Waals surface area contributed by atoms with Gasteiger partial charge in [-0.2, -0.15) is 0 Å². The molecule has 0 aliphatic rings. The molecule has 0 amide bonds. The van der Waals surface area contributed by atoms with Crippen LogP contribution in [0, 0.1) is 12.7 Å². The number of hydrogen-bond acceptors (Lipinski definition) is 5. The second kappa shape index (κ2) is 14.2. The number of fused-ring (bicyclic) bond motifs is 2. The Kier molecular flexibility index (Phi) is 9.99. The van der Waals surface area contributed by atoms with E-state index in [0.29, 0.717) is 34.8 Å². The molecule has 0 saturated heterocycles. The van der Waals surface area contributed by atoms with Crippen LogP contribution in [0.4, 0.5) is 4.39 Å². The van der Waals surface area contributed by atoms with Crippen molar-refractivity contribution in [1.82, 2.24) is 0 Å². The summed E-state index contributed by atoms with van der Waals surface area (Å²) in [6.45, 7) is 1.81. The molecular formula is C36H29FO5. The van der Waals surface area contributed by atoms with Crippen molar-refractivity contribution >= 4 is 34.1 Å². The SMILES string of the molecule is COc1ccc(Oc2ccc3ccccc3c2)c(C=O)c1.Cc1ccc(F)c(C=O)c1.Oc1ccc2ccccc2c1. The van der Waals surface area contributed by atoms with Gasteiger partial charge >= 0.3 is 0 Å². The predicted octanol–water partition coefficient (Wildman–Crippen LogP) is 8.95. The standard InChI is InChI=1S/C18H14O3.C10H8O.C8H7FO/c1-20-16-8-9-18(15(11-16)12-19)21-17-7-6-13-4-2-3-5-14(13)10-17;11-10-6-5-8-3-1-2-4-9(8)7-10;1-6-2-3-8(9)7(4-6)5-10/h2-12H,1H3;1-7,11H;2-5H,1H3. The lowest BCUT2D eigenvalue weighted by molar-refractivity contribution is 0.111.